The molecule has 1 aliphatic heterocycles. The molecule has 3 heterocycles. The van der Waals surface area contributed by atoms with Crippen molar-refractivity contribution in [3.8, 4) is 0 Å². The summed E-state index contributed by atoms with van der Waals surface area (Å²) >= 11 is 0. The number of nitrogens with zero attached hydrogens (tertiary/aromatic N) is 3. The predicted molar refractivity (Wildman–Crippen MR) is 79.1 cm³/mol. The molecule has 1 aliphatic rings. The average Bonchev–Trinajstić information content (AvgIpc) is 2.98. The lowest BCUT2D eigenvalue weighted by molar-refractivity contribution is -0.149. The predicted octanol–water partition coefficient (Wildman–Crippen LogP) is 1.37. The summed E-state index contributed by atoms with van der Waals surface area (Å²) in [6.45, 7) is 3.15. The molecule has 2 aromatic heterocycles. The molecule has 0 radical (unpaired) electrons. The number of fused-ring (bicyclic) bond motifs is 1. The summed E-state index contributed by atoms with van der Waals surface area (Å²) in [7, 11) is 0. The van der Waals surface area contributed by atoms with Crippen LogP contribution in [-0.2, 0) is 9.53 Å². The zero-order valence-corrected chi connectivity index (χ0v) is 12.4. The van der Waals surface area contributed by atoms with Gasteiger partial charge in [0, 0.05) is 25.5 Å². The number of H-pyrrole nitrogens is 1. The average molecular weight is 302 g/mol. The number of carbonyl (C=O) groups is 2. The summed E-state index contributed by atoms with van der Waals surface area (Å²) in [6, 6.07) is 1.77. The first-order chi connectivity index (χ1) is 10.7. The van der Waals surface area contributed by atoms with Crippen LogP contribution in [0.25, 0.3) is 10.9 Å². The van der Waals surface area contributed by atoms with E-state index in [2.05, 4.69) is 15.2 Å². The number of likely N-dealkylation sites (tertiary alicyclic amines) is 1. The highest BCUT2D eigenvalue weighted by Crippen LogP contribution is 2.22. The molecule has 1 atom stereocenters. The molecule has 7 heteroatoms. The van der Waals surface area contributed by atoms with Crippen molar-refractivity contribution >= 4 is 22.8 Å². The van der Waals surface area contributed by atoms with Crippen molar-refractivity contribution in [3.05, 3.63) is 24.2 Å². The van der Waals surface area contributed by atoms with Gasteiger partial charge in [0.05, 0.1) is 23.4 Å². The summed E-state index contributed by atoms with van der Waals surface area (Å²) in [4.78, 5) is 30.2. The molecular weight excluding hydrogens is 284 g/mol. The van der Waals surface area contributed by atoms with Gasteiger partial charge in [-0.1, -0.05) is 0 Å². The quantitative estimate of drug-likeness (QED) is 0.865. The first kappa shape index (κ1) is 14.5. The number of hydrogen-bond donors (Lipinski definition) is 1. The first-order valence-corrected chi connectivity index (χ1v) is 7.44. The third kappa shape index (κ3) is 2.66. The molecule has 0 saturated carbocycles. The van der Waals surface area contributed by atoms with Gasteiger partial charge < -0.3 is 9.64 Å². The molecule has 116 valence electrons. The number of nitrogens with one attached hydrogen (secondary N) is 1. The van der Waals surface area contributed by atoms with Crippen molar-refractivity contribution in [2.24, 2.45) is 5.92 Å². The smallest absolute Gasteiger partial charge is 0.310 e. The number of aromatic nitrogens is 3. The van der Waals surface area contributed by atoms with Gasteiger partial charge in [-0.25, -0.2) is 0 Å². The SMILES string of the molecule is CCOC(=O)C1CCCN(C(=O)c2n[nH]c3ccncc23)C1. The second-order valence-electron chi connectivity index (χ2n) is 5.34. The number of aromatic amines is 1. The number of rotatable bonds is 3. The summed E-state index contributed by atoms with van der Waals surface area (Å²) in [5.41, 5.74) is 1.13. The summed E-state index contributed by atoms with van der Waals surface area (Å²) in [6.07, 6.45) is 4.81. The van der Waals surface area contributed by atoms with Crippen molar-refractivity contribution in [3.63, 3.8) is 0 Å². The molecule has 2 aromatic rings. The number of piperidine rings is 1. The van der Waals surface area contributed by atoms with Crippen LogP contribution in [0.4, 0.5) is 0 Å². The van der Waals surface area contributed by atoms with Crippen molar-refractivity contribution in [1.82, 2.24) is 20.1 Å². The highest BCUT2D eigenvalue weighted by Gasteiger charge is 2.31. The number of amides is 1. The summed E-state index contributed by atoms with van der Waals surface area (Å²) < 4.78 is 5.06. The maximum Gasteiger partial charge on any atom is 0.310 e. The fourth-order valence-corrected chi connectivity index (χ4v) is 2.78. The Labute approximate surface area is 127 Å². The van der Waals surface area contributed by atoms with Crippen molar-refractivity contribution < 1.29 is 14.3 Å². The Kier molecular flexibility index (Phi) is 4.04. The molecule has 0 aliphatic carbocycles. The molecular formula is C15H18N4O3. The van der Waals surface area contributed by atoms with Gasteiger partial charge in [0.25, 0.3) is 5.91 Å². The van der Waals surface area contributed by atoms with E-state index in [4.69, 9.17) is 4.74 Å². The highest BCUT2D eigenvalue weighted by atomic mass is 16.5. The van der Waals surface area contributed by atoms with Crippen LogP contribution in [0.5, 0.6) is 0 Å². The third-order valence-corrected chi connectivity index (χ3v) is 3.90. The van der Waals surface area contributed by atoms with Crippen molar-refractivity contribution in [2.45, 2.75) is 19.8 Å². The summed E-state index contributed by atoms with van der Waals surface area (Å²) in [5, 5.41) is 7.64. The number of ether oxygens (including phenoxy) is 1. The number of hydrogen-bond acceptors (Lipinski definition) is 5. The van der Waals surface area contributed by atoms with Gasteiger partial charge in [-0.3, -0.25) is 19.7 Å². The Morgan fingerprint density at radius 2 is 2.36 bits per heavy atom. The molecule has 1 fully saturated rings. The second kappa shape index (κ2) is 6.13. The van der Waals surface area contributed by atoms with E-state index in [-0.39, 0.29) is 17.8 Å². The normalized spacial score (nSPS) is 18.4. The monoisotopic (exact) mass is 302 g/mol. The molecule has 1 N–H and O–H groups in total. The Bertz CT molecular complexity index is 697. The van der Waals surface area contributed by atoms with Crippen LogP contribution in [0, 0.1) is 5.92 Å². The molecule has 0 aromatic carbocycles. The van der Waals surface area contributed by atoms with E-state index in [1.165, 1.54) is 0 Å². The van der Waals surface area contributed by atoms with Crippen LogP contribution in [0.2, 0.25) is 0 Å². The minimum atomic E-state index is -0.249. The molecule has 0 bridgehead atoms. The van der Waals surface area contributed by atoms with Gasteiger partial charge in [0.1, 0.15) is 0 Å². The topological polar surface area (TPSA) is 88.2 Å². The maximum atomic E-state index is 12.7. The maximum absolute atomic E-state index is 12.7. The fraction of sp³-hybridized carbons (Fsp3) is 0.467. The molecule has 0 spiro atoms. The van der Waals surface area contributed by atoms with Gasteiger partial charge in [-0.2, -0.15) is 5.10 Å². The molecule has 1 amide bonds. The molecule has 3 rings (SSSR count). The zero-order valence-electron chi connectivity index (χ0n) is 12.4. The third-order valence-electron chi connectivity index (χ3n) is 3.90. The summed E-state index contributed by atoms with van der Waals surface area (Å²) in [5.74, 6) is -0.650. The van der Waals surface area contributed by atoms with Crippen LogP contribution in [0.15, 0.2) is 18.5 Å². The van der Waals surface area contributed by atoms with E-state index in [1.54, 1.807) is 30.3 Å². The lowest BCUT2D eigenvalue weighted by atomic mass is 9.98. The standard InChI is InChI=1S/C15H18N4O3/c1-2-22-15(21)10-4-3-7-19(9-10)14(20)13-11-8-16-6-5-12(11)17-18-13/h5-6,8,10H,2-4,7,9H2,1H3,(H,17,18). The van der Waals surface area contributed by atoms with Crippen LogP contribution in [0.3, 0.4) is 0 Å². The van der Waals surface area contributed by atoms with Crippen molar-refractivity contribution in [2.75, 3.05) is 19.7 Å². The number of carbonyl (C=O) groups excluding carboxylic acids is 2. The van der Waals surface area contributed by atoms with E-state index in [0.29, 0.717) is 30.8 Å². The van der Waals surface area contributed by atoms with E-state index in [0.717, 1.165) is 18.4 Å². The minimum absolute atomic E-state index is 0.173. The minimum Gasteiger partial charge on any atom is -0.466 e. The number of esters is 1. The van der Waals surface area contributed by atoms with Gasteiger partial charge in [0.15, 0.2) is 5.69 Å². The van der Waals surface area contributed by atoms with Crippen LogP contribution < -0.4 is 0 Å². The van der Waals surface area contributed by atoms with Gasteiger partial charge >= 0.3 is 5.97 Å². The van der Waals surface area contributed by atoms with E-state index >= 15 is 0 Å². The van der Waals surface area contributed by atoms with Crippen molar-refractivity contribution in [1.29, 1.82) is 0 Å². The number of pyridine rings is 1. The lowest BCUT2D eigenvalue weighted by Crippen LogP contribution is -2.43. The molecule has 7 nitrogen and oxygen atoms in total. The zero-order chi connectivity index (χ0) is 15.5. The van der Waals surface area contributed by atoms with E-state index in [1.807, 2.05) is 0 Å². The Morgan fingerprint density at radius 1 is 1.50 bits per heavy atom. The lowest BCUT2D eigenvalue weighted by Gasteiger charge is -2.31. The van der Waals surface area contributed by atoms with Crippen LogP contribution in [0.1, 0.15) is 30.3 Å². The van der Waals surface area contributed by atoms with Crippen LogP contribution >= 0.6 is 0 Å². The largest absolute Gasteiger partial charge is 0.466 e. The van der Waals surface area contributed by atoms with Gasteiger partial charge in [-0.05, 0) is 25.8 Å². The van der Waals surface area contributed by atoms with Crippen LogP contribution in [-0.4, -0.2) is 51.7 Å². The Balaban J connectivity index is 1.78. The second-order valence-corrected chi connectivity index (χ2v) is 5.34. The Morgan fingerprint density at radius 3 is 3.18 bits per heavy atom. The van der Waals surface area contributed by atoms with E-state index in [9.17, 15) is 9.59 Å². The molecule has 22 heavy (non-hydrogen) atoms. The van der Waals surface area contributed by atoms with E-state index < -0.39 is 0 Å². The van der Waals surface area contributed by atoms with Gasteiger partial charge in [-0.15, -0.1) is 0 Å². The highest BCUT2D eigenvalue weighted by molar-refractivity contribution is 6.04. The fourth-order valence-electron chi connectivity index (χ4n) is 2.78. The molecule has 1 unspecified atom stereocenters. The Hall–Kier alpha value is -2.44. The molecule has 1 saturated heterocycles. The van der Waals surface area contributed by atoms with Gasteiger partial charge in [0.2, 0.25) is 0 Å². The first-order valence-electron chi connectivity index (χ1n) is 7.44.